The number of rotatable bonds is 6. The Morgan fingerprint density at radius 2 is 1.68 bits per heavy atom. The van der Waals surface area contributed by atoms with Crippen LogP contribution in [-0.4, -0.2) is 66.4 Å². The van der Waals surface area contributed by atoms with E-state index in [0.717, 1.165) is 26.2 Å². The summed E-state index contributed by atoms with van der Waals surface area (Å²) in [5.74, 6) is -0.410. The maximum atomic E-state index is 12.9. The molecule has 6 nitrogen and oxygen atoms in total. The average Bonchev–Trinajstić information content (AvgIpc) is 2.56. The number of nitrogens with zero attached hydrogens (tertiary/aromatic N) is 2. The summed E-state index contributed by atoms with van der Waals surface area (Å²) in [6.07, 6.45) is 0. The third-order valence-electron chi connectivity index (χ3n) is 4.26. The number of carbonyl (C=O) groups is 2. The fraction of sp³-hybridized carbons (Fsp3) is 0.556. The van der Waals surface area contributed by atoms with Gasteiger partial charge >= 0.3 is 0 Å². The smallest absolute Gasteiger partial charge is 0.241 e. The molecule has 7 heteroatoms. The van der Waals surface area contributed by atoms with Gasteiger partial charge in [-0.2, -0.15) is 0 Å². The normalized spacial score (nSPS) is 17.3. The van der Waals surface area contributed by atoms with Crippen molar-refractivity contribution in [3.05, 3.63) is 30.1 Å². The van der Waals surface area contributed by atoms with Gasteiger partial charge in [0.2, 0.25) is 11.8 Å². The fourth-order valence-electron chi connectivity index (χ4n) is 2.83. The van der Waals surface area contributed by atoms with Gasteiger partial charge in [-0.25, -0.2) is 4.39 Å². The summed E-state index contributed by atoms with van der Waals surface area (Å²) in [7, 11) is 0. The Balaban J connectivity index is 1.78. The molecule has 1 aromatic rings. The molecular weight excluding hydrogens is 323 g/mol. The van der Waals surface area contributed by atoms with Crippen molar-refractivity contribution in [3.63, 3.8) is 0 Å². The number of piperazine rings is 1. The van der Waals surface area contributed by atoms with E-state index in [9.17, 15) is 14.0 Å². The maximum absolute atomic E-state index is 12.9. The van der Waals surface area contributed by atoms with E-state index in [1.165, 1.54) is 12.1 Å². The van der Waals surface area contributed by atoms with E-state index >= 15 is 0 Å². The first kappa shape index (κ1) is 19.3. The zero-order valence-electron chi connectivity index (χ0n) is 15.1. The zero-order valence-corrected chi connectivity index (χ0v) is 15.1. The van der Waals surface area contributed by atoms with E-state index in [1.807, 2.05) is 20.8 Å². The highest BCUT2D eigenvalue weighted by atomic mass is 19.1. The van der Waals surface area contributed by atoms with Crippen molar-refractivity contribution in [2.45, 2.75) is 32.9 Å². The molecule has 138 valence electrons. The maximum Gasteiger partial charge on any atom is 0.241 e. The third-order valence-corrected chi connectivity index (χ3v) is 4.26. The van der Waals surface area contributed by atoms with Gasteiger partial charge in [0.25, 0.3) is 0 Å². The van der Waals surface area contributed by atoms with E-state index in [2.05, 4.69) is 20.4 Å². The summed E-state index contributed by atoms with van der Waals surface area (Å²) < 4.78 is 12.9. The van der Waals surface area contributed by atoms with Crippen LogP contribution in [0.3, 0.4) is 0 Å². The number of halogens is 1. The minimum Gasteiger partial charge on any atom is -0.353 e. The first-order valence-corrected chi connectivity index (χ1v) is 8.67. The molecule has 25 heavy (non-hydrogen) atoms. The van der Waals surface area contributed by atoms with Crippen LogP contribution in [0.15, 0.2) is 24.3 Å². The van der Waals surface area contributed by atoms with Crippen molar-refractivity contribution in [2.75, 3.05) is 38.0 Å². The van der Waals surface area contributed by atoms with Crippen molar-refractivity contribution in [3.8, 4) is 0 Å². The molecular formula is C18H27FN4O2. The molecule has 1 fully saturated rings. The van der Waals surface area contributed by atoms with E-state index in [4.69, 9.17) is 0 Å². The first-order chi connectivity index (χ1) is 11.8. The molecule has 1 heterocycles. The Bertz CT molecular complexity index is 583. The van der Waals surface area contributed by atoms with Gasteiger partial charge in [0, 0.05) is 37.9 Å². The lowest BCUT2D eigenvalue weighted by atomic mass is 10.2. The molecule has 1 aromatic carbocycles. The highest BCUT2D eigenvalue weighted by Crippen LogP contribution is 2.12. The summed E-state index contributed by atoms with van der Waals surface area (Å²) in [4.78, 5) is 28.4. The zero-order chi connectivity index (χ0) is 18.4. The van der Waals surface area contributed by atoms with Crippen LogP contribution in [0.1, 0.15) is 20.8 Å². The van der Waals surface area contributed by atoms with Crippen LogP contribution in [0.25, 0.3) is 0 Å². The predicted molar refractivity (Wildman–Crippen MR) is 95.8 cm³/mol. The van der Waals surface area contributed by atoms with Crippen LogP contribution in [0.4, 0.5) is 10.1 Å². The molecule has 0 radical (unpaired) electrons. The quantitative estimate of drug-likeness (QED) is 0.812. The van der Waals surface area contributed by atoms with Crippen molar-refractivity contribution in [2.24, 2.45) is 0 Å². The standard InChI is InChI=1S/C18H27FN4O2/c1-13(2)20-17(24)12-22-8-10-23(11-9-22)14(3)18(25)21-16-6-4-15(19)5-7-16/h4-7,13-14H,8-12H2,1-3H3,(H,20,24)(H,21,25)/t14-/m1/s1. The molecule has 0 unspecified atom stereocenters. The van der Waals surface area contributed by atoms with Gasteiger partial charge in [-0.3, -0.25) is 19.4 Å². The largest absolute Gasteiger partial charge is 0.353 e. The van der Waals surface area contributed by atoms with Gasteiger partial charge < -0.3 is 10.6 Å². The van der Waals surface area contributed by atoms with Gasteiger partial charge in [-0.1, -0.05) is 0 Å². The predicted octanol–water partition coefficient (Wildman–Crippen LogP) is 1.29. The lowest BCUT2D eigenvalue weighted by Crippen LogP contribution is -2.54. The van der Waals surface area contributed by atoms with E-state index in [0.29, 0.717) is 12.2 Å². The second-order valence-corrected chi connectivity index (χ2v) is 6.71. The Kier molecular flexibility index (Phi) is 6.90. The van der Waals surface area contributed by atoms with E-state index < -0.39 is 0 Å². The lowest BCUT2D eigenvalue weighted by Gasteiger charge is -2.37. The monoisotopic (exact) mass is 350 g/mol. The Labute approximate surface area is 148 Å². The number of benzene rings is 1. The lowest BCUT2D eigenvalue weighted by molar-refractivity contribution is -0.125. The molecule has 1 aliphatic rings. The van der Waals surface area contributed by atoms with Crippen LogP contribution in [0, 0.1) is 5.82 Å². The topological polar surface area (TPSA) is 64.7 Å². The van der Waals surface area contributed by atoms with Crippen LogP contribution >= 0.6 is 0 Å². The fourth-order valence-corrected chi connectivity index (χ4v) is 2.83. The number of nitrogens with one attached hydrogen (secondary N) is 2. The van der Waals surface area contributed by atoms with E-state index in [1.54, 1.807) is 12.1 Å². The summed E-state index contributed by atoms with van der Waals surface area (Å²) in [6.45, 7) is 9.09. The molecule has 1 saturated heterocycles. The molecule has 1 atom stereocenters. The van der Waals surface area contributed by atoms with Crippen molar-refractivity contribution in [1.29, 1.82) is 0 Å². The second kappa shape index (κ2) is 8.92. The SMILES string of the molecule is CC(C)NC(=O)CN1CCN([C@H](C)C(=O)Nc2ccc(F)cc2)CC1. The Morgan fingerprint density at radius 1 is 1.08 bits per heavy atom. The van der Waals surface area contributed by atoms with Crippen LogP contribution in [0.2, 0.25) is 0 Å². The second-order valence-electron chi connectivity index (χ2n) is 6.71. The van der Waals surface area contributed by atoms with E-state index in [-0.39, 0.29) is 29.7 Å². The molecule has 2 amide bonds. The van der Waals surface area contributed by atoms with Crippen LogP contribution in [0.5, 0.6) is 0 Å². The molecule has 1 aliphatic heterocycles. The molecule has 0 bridgehead atoms. The number of amides is 2. The minimum atomic E-state index is -0.330. The third kappa shape index (κ3) is 6.10. The number of hydrogen-bond donors (Lipinski definition) is 2. The van der Waals surface area contributed by atoms with Crippen molar-refractivity contribution >= 4 is 17.5 Å². The molecule has 0 spiro atoms. The first-order valence-electron chi connectivity index (χ1n) is 8.67. The summed E-state index contributed by atoms with van der Waals surface area (Å²) in [5.41, 5.74) is 0.585. The van der Waals surface area contributed by atoms with Gasteiger partial charge in [-0.15, -0.1) is 0 Å². The van der Waals surface area contributed by atoms with Gasteiger partial charge in [0.05, 0.1) is 12.6 Å². The number of carbonyl (C=O) groups excluding carboxylic acids is 2. The summed E-state index contributed by atoms with van der Waals surface area (Å²) in [5, 5.41) is 5.69. The molecule has 0 saturated carbocycles. The number of hydrogen-bond acceptors (Lipinski definition) is 4. The van der Waals surface area contributed by atoms with Crippen LogP contribution < -0.4 is 10.6 Å². The number of anilines is 1. The Morgan fingerprint density at radius 3 is 2.24 bits per heavy atom. The highest BCUT2D eigenvalue weighted by Gasteiger charge is 2.26. The van der Waals surface area contributed by atoms with Gasteiger partial charge in [-0.05, 0) is 45.0 Å². The van der Waals surface area contributed by atoms with Crippen molar-refractivity contribution in [1.82, 2.24) is 15.1 Å². The minimum absolute atomic E-state index is 0.0329. The summed E-state index contributed by atoms with van der Waals surface area (Å²) in [6, 6.07) is 5.60. The summed E-state index contributed by atoms with van der Waals surface area (Å²) >= 11 is 0. The molecule has 2 rings (SSSR count). The highest BCUT2D eigenvalue weighted by molar-refractivity contribution is 5.94. The molecule has 2 N–H and O–H groups in total. The van der Waals surface area contributed by atoms with Crippen LogP contribution in [-0.2, 0) is 9.59 Å². The van der Waals surface area contributed by atoms with Gasteiger partial charge in [0.15, 0.2) is 0 Å². The van der Waals surface area contributed by atoms with Crippen molar-refractivity contribution < 1.29 is 14.0 Å². The Hall–Kier alpha value is -1.99. The average molecular weight is 350 g/mol. The van der Waals surface area contributed by atoms with Gasteiger partial charge in [0.1, 0.15) is 5.82 Å². The molecule has 0 aliphatic carbocycles. The molecule has 0 aromatic heterocycles.